The van der Waals surface area contributed by atoms with Gasteiger partial charge in [-0.2, -0.15) is 0 Å². The predicted molar refractivity (Wildman–Crippen MR) is 66.1 cm³/mol. The van der Waals surface area contributed by atoms with Crippen LogP contribution in [0.25, 0.3) is 0 Å². The molecule has 4 heteroatoms. The van der Waals surface area contributed by atoms with Crippen LogP contribution >= 0.6 is 0 Å². The maximum absolute atomic E-state index is 11.7. The summed E-state index contributed by atoms with van der Waals surface area (Å²) in [5, 5.41) is 2.82. The fourth-order valence-corrected chi connectivity index (χ4v) is 1.52. The number of amides is 1. The highest BCUT2D eigenvalue weighted by molar-refractivity contribution is 5.90. The van der Waals surface area contributed by atoms with Crippen LogP contribution in [0.1, 0.15) is 0 Å². The minimum absolute atomic E-state index is 0.0497. The molecule has 17 heavy (non-hydrogen) atoms. The summed E-state index contributed by atoms with van der Waals surface area (Å²) in [5.41, 5.74) is 0.767. The van der Waals surface area contributed by atoms with Gasteiger partial charge in [0.05, 0.1) is 7.11 Å². The van der Waals surface area contributed by atoms with Gasteiger partial charge in [0.25, 0.3) is 0 Å². The molecule has 0 unspecified atom stereocenters. The topological polar surface area (TPSA) is 43.3 Å². The molecule has 0 saturated heterocycles. The lowest BCUT2D eigenvalue weighted by molar-refractivity contribution is -0.116. The maximum Gasteiger partial charge on any atom is 0.244 e. The Labute approximate surface area is 99.8 Å². The lowest BCUT2D eigenvalue weighted by Gasteiger charge is -2.06. The van der Waals surface area contributed by atoms with Crippen LogP contribution in [0.3, 0.4) is 0 Å². The average molecular weight is 230 g/mol. The lowest BCUT2D eigenvalue weighted by atomic mass is 10.3. The Morgan fingerprint density at radius 3 is 2.47 bits per heavy atom. The minimum Gasteiger partial charge on any atom is -0.497 e. The van der Waals surface area contributed by atoms with Crippen LogP contribution in [0.4, 0.5) is 5.69 Å². The zero-order chi connectivity index (χ0) is 12.1. The molecular weight excluding hydrogens is 216 g/mol. The Morgan fingerprint density at radius 2 is 1.88 bits per heavy atom. The van der Waals surface area contributed by atoms with E-state index in [4.69, 9.17) is 4.74 Å². The summed E-state index contributed by atoms with van der Waals surface area (Å²) in [4.78, 5) is 11.7. The Morgan fingerprint density at radius 1 is 1.24 bits per heavy atom. The molecule has 0 spiro atoms. The normalized spacial score (nSPS) is 9.94. The molecule has 0 saturated carbocycles. The van der Waals surface area contributed by atoms with E-state index in [0.29, 0.717) is 6.54 Å². The molecule has 4 nitrogen and oxygen atoms in total. The van der Waals surface area contributed by atoms with Crippen molar-refractivity contribution in [3.8, 4) is 5.75 Å². The summed E-state index contributed by atoms with van der Waals surface area (Å²) in [5.74, 6) is 0.722. The largest absolute Gasteiger partial charge is 0.497 e. The smallest absolute Gasteiger partial charge is 0.244 e. The van der Waals surface area contributed by atoms with Crippen LogP contribution in [0.2, 0.25) is 0 Å². The minimum atomic E-state index is -0.0497. The third-order valence-corrected chi connectivity index (χ3v) is 2.37. The molecule has 0 aliphatic carbocycles. The maximum atomic E-state index is 11.7. The molecule has 0 bridgehead atoms. The van der Waals surface area contributed by atoms with Gasteiger partial charge in [0.15, 0.2) is 0 Å². The molecule has 0 radical (unpaired) electrons. The molecule has 2 rings (SSSR count). The van der Waals surface area contributed by atoms with E-state index in [0.717, 1.165) is 11.4 Å². The van der Waals surface area contributed by atoms with Crippen LogP contribution in [0, 0.1) is 0 Å². The van der Waals surface area contributed by atoms with Gasteiger partial charge in [-0.1, -0.05) is 0 Å². The van der Waals surface area contributed by atoms with Crippen molar-refractivity contribution in [3.05, 3.63) is 48.8 Å². The van der Waals surface area contributed by atoms with E-state index < -0.39 is 0 Å². The number of methoxy groups -OCH3 is 1. The van der Waals surface area contributed by atoms with Crippen LogP contribution in [-0.2, 0) is 11.3 Å². The van der Waals surface area contributed by atoms with Gasteiger partial charge in [0.2, 0.25) is 5.91 Å². The Balaban J connectivity index is 1.93. The standard InChI is InChI=1S/C13H14N2O2/c1-17-12-6-4-11(5-7-12)14-13(16)10-15-8-2-3-9-15/h2-9H,10H2,1H3,(H,14,16). The fraction of sp³-hybridized carbons (Fsp3) is 0.154. The van der Waals surface area contributed by atoms with E-state index in [-0.39, 0.29) is 5.91 Å². The van der Waals surface area contributed by atoms with Gasteiger partial charge in [-0.15, -0.1) is 0 Å². The van der Waals surface area contributed by atoms with E-state index >= 15 is 0 Å². The lowest BCUT2D eigenvalue weighted by Crippen LogP contribution is -2.17. The highest BCUT2D eigenvalue weighted by Crippen LogP contribution is 2.14. The van der Waals surface area contributed by atoms with Gasteiger partial charge < -0.3 is 14.6 Å². The number of nitrogens with one attached hydrogen (secondary N) is 1. The van der Waals surface area contributed by atoms with Crippen molar-refractivity contribution in [2.24, 2.45) is 0 Å². The third kappa shape index (κ3) is 3.11. The Hall–Kier alpha value is -2.23. The van der Waals surface area contributed by atoms with Crippen molar-refractivity contribution < 1.29 is 9.53 Å². The second-order valence-electron chi connectivity index (χ2n) is 3.63. The molecule has 1 aromatic carbocycles. The van der Waals surface area contributed by atoms with Gasteiger partial charge in [-0.05, 0) is 36.4 Å². The number of carbonyl (C=O) groups excluding carboxylic acids is 1. The number of hydrogen-bond acceptors (Lipinski definition) is 2. The summed E-state index contributed by atoms with van der Waals surface area (Å²) in [6.45, 7) is 0.318. The fourth-order valence-electron chi connectivity index (χ4n) is 1.52. The van der Waals surface area contributed by atoms with Crippen LogP contribution in [0.15, 0.2) is 48.8 Å². The molecule has 0 aliphatic rings. The second kappa shape index (κ2) is 5.21. The van der Waals surface area contributed by atoms with Gasteiger partial charge >= 0.3 is 0 Å². The van der Waals surface area contributed by atoms with E-state index in [1.807, 2.05) is 53.4 Å². The molecule has 0 atom stereocenters. The summed E-state index contributed by atoms with van der Waals surface area (Å²) in [6.07, 6.45) is 3.71. The number of carbonyl (C=O) groups is 1. The zero-order valence-corrected chi connectivity index (χ0v) is 9.59. The molecule has 1 N–H and O–H groups in total. The van der Waals surface area contributed by atoms with Crippen molar-refractivity contribution in [3.63, 3.8) is 0 Å². The number of hydrogen-bond donors (Lipinski definition) is 1. The first kappa shape index (κ1) is 11.3. The summed E-state index contributed by atoms with van der Waals surface area (Å²) >= 11 is 0. The number of benzene rings is 1. The molecular formula is C13H14N2O2. The summed E-state index contributed by atoms with van der Waals surface area (Å²) in [7, 11) is 1.61. The molecule has 1 aromatic heterocycles. The zero-order valence-electron chi connectivity index (χ0n) is 9.59. The molecule has 1 amide bonds. The predicted octanol–water partition coefficient (Wildman–Crippen LogP) is 2.14. The van der Waals surface area contributed by atoms with Crippen LogP contribution in [-0.4, -0.2) is 17.6 Å². The first-order chi connectivity index (χ1) is 8.28. The van der Waals surface area contributed by atoms with Gasteiger partial charge in [0.1, 0.15) is 12.3 Å². The molecule has 2 aromatic rings. The van der Waals surface area contributed by atoms with E-state index in [1.54, 1.807) is 7.11 Å². The molecule has 88 valence electrons. The van der Waals surface area contributed by atoms with Crippen molar-refractivity contribution in [1.82, 2.24) is 4.57 Å². The second-order valence-corrected chi connectivity index (χ2v) is 3.63. The molecule has 0 fully saturated rings. The van der Waals surface area contributed by atoms with Gasteiger partial charge in [-0.25, -0.2) is 0 Å². The average Bonchev–Trinajstić information content (AvgIpc) is 2.82. The van der Waals surface area contributed by atoms with Crippen LogP contribution in [0.5, 0.6) is 5.75 Å². The van der Waals surface area contributed by atoms with Crippen molar-refractivity contribution >= 4 is 11.6 Å². The first-order valence-electron chi connectivity index (χ1n) is 5.32. The van der Waals surface area contributed by atoms with Crippen molar-refractivity contribution in [2.45, 2.75) is 6.54 Å². The van der Waals surface area contributed by atoms with E-state index in [9.17, 15) is 4.79 Å². The number of aromatic nitrogens is 1. The SMILES string of the molecule is COc1ccc(NC(=O)Cn2cccc2)cc1. The summed E-state index contributed by atoms with van der Waals surface area (Å²) in [6, 6.07) is 11.0. The van der Waals surface area contributed by atoms with E-state index in [1.165, 1.54) is 0 Å². The Kier molecular flexibility index (Phi) is 3.45. The highest BCUT2D eigenvalue weighted by atomic mass is 16.5. The van der Waals surface area contributed by atoms with Crippen LogP contribution < -0.4 is 10.1 Å². The van der Waals surface area contributed by atoms with Crippen molar-refractivity contribution in [1.29, 1.82) is 0 Å². The number of anilines is 1. The Bertz CT molecular complexity index is 475. The first-order valence-corrected chi connectivity index (χ1v) is 5.32. The number of nitrogens with zero attached hydrogens (tertiary/aromatic N) is 1. The monoisotopic (exact) mass is 230 g/mol. The van der Waals surface area contributed by atoms with Gasteiger partial charge in [0, 0.05) is 18.1 Å². The molecule has 1 heterocycles. The summed E-state index contributed by atoms with van der Waals surface area (Å²) < 4.78 is 6.86. The van der Waals surface area contributed by atoms with E-state index in [2.05, 4.69) is 5.32 Å². The number of ether oxygens (including phenoxy) is 1. The number of rotatable bonds is 4. The highest BCUT2D eigenvalue weighted by Gasteiger charge is 2.02. The van der Waals surface area contributed by atoms with Gasteiger partial charge in [-0.3, -0.25) is 4.79 Å². The quantitative estimate of drug-likeness (QED) is 0.874. The third-order valence-electron chi connectivity index (χ3n) is 2.37. The van der Waals surface area contributed by atoms with Crippen molar-refractivity contribution in [2.75, 3.05) is 12.4 Å². The molecule has 0 aliphatic heterocycles.